The van der Waals surface area contributed by atoms with Crippen LogP contribution in [-0.2, 0) is 9.59 Å². The molecule has 0 aliphatic heterocycles. The molecule has 6 heteroatoms. The van der Waals surface area contributed by atoms with E-state index in [1.807, 2.05) is 19.1 Å². The minimum atomic E-state index is -0.251. The van der Waals surface area contributed by atoms with E-state index in [9.17, 15) is 9.59 Å². The molecule has 2 amide bonds. The van der Waals surface area contributed by atoms with E-state index in [0.717, 1.165) is 30.0 Å². The zero-order valence-electron chi connectivity index (χ0n) is 16.3. The van der Waals surface area contributed by atoms with Crippen molar-refractivity contribution >= 4 is 40.5 Å². The number of aryl methyl sites for hydroxylation is 1. The maximum Gasteiger partial charge on any atom is 0.244 e. The van der Waals surface area contributed by atoms with Crippen LogP contribution in [0.3, 0.4) is 0 Å². The van der Waals surface area contributed by atoms with Gasteiger partial charge in [-0.15, -0.1) is 0 Å². The standard InChI is InChI=1S/C21H26ClN3O2/c1-5-24(6-2)19-11-12-20(15(3)13-19)23-21(27)14-25(16(4)26)18-9-7-17(22)8-10-18/h7-13H,5-6,14H2,1-4H3,(H,23,27). The smallest absolute Gasteiger partial charge is 0.244 e. The average molecular weight is 388 g/mol. The highest BCUT2D eigenvalue weighted by atomic mass is 35.5. The minimum Gasteiger partial charge on any atom is -0.372 e. The fourth-order valence-corrected chi connectivity index (χ4v) is 3.04. The van der Waals surface area contributed by atoms with Gasteiger partial charge >= 0.3 is 0 Å². The summed E-state index contributed by atoms with van der Waals surface area (Å²) in [5.41, 5.74) is 3.49. The number of halogens is 1. The van der Waals surface area contributed by atoms with Crippen molar-refractivity contribution in [1.82, 2.24) is 0 Å². The molecule has 1 N–H and O–H groups in total. The molecule has 144 valence electrons. The number of amides is 2. The average Bonchev–Trinajstić information content (AvgIpc) is 2.63. The molecule has 2 aromatic rings. The normalized spacial score (nSPS) is 10.4. The predicted octanol–water partition coefficient (Wildman–Crippen LogP) is 4.49. The highest BCUT2D eigenvalue weighted by Crippen LogP contribution is 2.23. The molecule has 0 radical (unpaired) electrons. The van der Waals surface area contributed by atoms with Crippen LogP contribution in [0.2, 0.25) is 5.02 Å². The zero-order chi connectivity index (χ0) is 20.0. The van der Waals surface area contributed by atoms with Crippen molar-refractivity contribution in [3.05, 3.63) is 53.1 Å². The van der Waals surface area contributed by atoms with E-state index in [4.69, 9.17) is 11.6 Å². The van der Waals surface area contributed by atoms with Crippen molar-refractivity contribution in [2.45, 2.75) is 27.7 Å². The second-order valence-electron chi connectivity index (χ2n) is 6.30. The lowest BCUT2D eigenvalue weighted by Gasteiger charge is -2.23. The maximum atomic E-state index is 12.5. The molecule has 0 aromatic heterocycles. The molecular formula is C21H26ClN3O2. The molecule has 0 unspecified atom stereocenters. The summed E-state index contributed by atoms with van der Waals surface area (Å²) in [6, 6.07) is 12.8. The van der Waals surface area contributed by atoms with Gasteiger partial charge in [0.25, 0.3) is 0 Å². The number of hydrogen-bond donors (Lipinski definition) is 1. The number of nitrogens with one attached hydrogen (secondary N) is 1. The summed E-state index contributed by atoms with van der Waals surface area (Å²) in [7, 11) is 0. The van der Waals surface area contributed by atoms with Crippen LogP contribution in [-0.4, -0.2) is 31.4 Å². The van der Waals surface area contributed by atoms with E-state index in [1.165, 1.54) is 11.8 Å². The van der Waals surface area contributed by atoms with Gasteiger partial charge in [-0.2, -0.15) is 0 Å². The van der Waals surface area contributed by atoms with Crippen molar-refractivity contribution in [3.8, 4) is 0 Å². The first-order valence-electron chi connectivity index (χ1n) is 9.04. The number of nitrogens with zero attached hydrogens (tertiary/aromatic N) is 2. The van der Waals surface area contributed by atoms with Crippen LogP contribution in [0, 0.1) is 6.92 Å². The van der Waals surface area contributed by atoms with Crippen LogP contribution in [0.1, 0.15) is 26.3 Å². The minimum absolute atomic E-state index is 0.0613. The molecule has 0 spiro atoms. The van der Waals surface area contributed by atoms with Gasteiger partial charge in [0, 0.05) is 42.1 Å². The van der Waals surface area contributed by atoms with Crippen molar-refractivity contribution in [2.75, 3.05) is 34.8 Å². The number of rotatable bonds is 7. The summed E-state index contributed by atoms with van der Waals surface area (Å²) in [6.07, 6.45) is 0. The molecule has 0 saturated heterocycles. The van der Waals surface area contributed by atoms with Gasteiger partial charge in [0.1, 0.15) is 6.54 Å². The van der Waals surface area contributed by atoms with E-state index < -0.39 is 0 Å². The summed E-state index contributed by atoms with van der Waals surface area (Å²) in [5, 5.41) is 3.48. The Hall–Kier alpha value is -2.53. The van der Waals surface area contributed by atoms with E-state index in [0.29, 0.717) is 10.7 Å². The lowest BCUT2D eigenvalue weighted by atomic mass is 10.1. The van der Waals surface area contributed by atoms with Crippen molar-refractivity contribution in [2.24, 2.45) is 0 Å². The van der Waals surface area contributed by atoms with Gasteiger partial charge in [-0.05, 0) is 68.8 Å². The molecule has 0 bridgehead atoms. The molecular weight excluding hydrogens is 362 g/mol. The van der Waals surface area contributed by atoms with Gasteiger partial charge in [0.15, 0.2) is 0 Å². The van der Waals surface area contributed by atoms with Crippen molar-refractivity contribution < 1.29 is 9.59 Å². The number of anilines is 3. The molecule has 2 aromatic carbocycles. The summed E-state index contributed by atoms with van der Waals surface area (Å²) in [4.78, 5) is 28.2. The fraction of sp³-hybridized carbons (Fsp3) is 0.333. The van der Waals surface area contributed by atoms with Crippen LogP contribution in [0.15, 0.2) is 42.5 Å². The first-order valence-corrected chi connectivity index (χ1v) is 9.42. The van der Waals surface area contributed by atoms with E-state index in [-0.39, 0.29) is 18.4 Å². The van der Waals surface area contributed by atoms with Gasteiger partial charge in [-0.1, -0.05) is 11.6 Å². The van der Waals surface area contributed by atoms with Crippen LogP contribution in [0.25, 0.3) is 0 Å². The van der Waals surface area contributed by atoms with E-state index >= 15 is 0 Å². The second kappa shape index (κ2) is 9.42. The maximum absolute atomic E-state index is 12.5. The summed E-state index contributed by atoms with van der Waals surface area (Å²) in [6.45, 7) is 9.42. The van der Waals surface area contributed by atoms with Crippen LogP contribution in [0.5, 0.6) is 0 Å². The molecule has 0 aliphatic carbocycles. The number of carbonyl (C=O) groups is 2. The third-order valence-corrected chi connectivity index (χ3v) is 4.68. The summed E-state index contributed by atoms with van der Waals surface area (Å²) < 4.78 is 0. The summed E-state index contributed by atoms with van der Waals surface area (Å²) >= 11 is 5.90. The van der Waals surface area contributed by atoms with Crippen LogP contribution in [0.4, 0.5) is 17.1 Å². The third-order valence-electron chi connectivity index (χ3n) is 4.43. The molecule has 0 saturated carbocycles. The number of hydrogen-bond acceptors (Lipinski definition) is 3. The Morgan fingerprint density at radius 1 is 1.00 bits per heavy atom. The van der Waals surface area contributed by atoms with Gasteiger partial charge in [0.05, 0.1) is 0 Å². The Morgan fingerprint density at radius 3 is 2.11 bits per heavy atom. The molecule has 5 nitrogen and oxygen atoms in total. The Kier molecular flexibility index (Phi) is 7.25. The zero-order valence-corrected chi connectivity index (χ0v) is 17.0. The highest BCUT2D eigenvalue weighted by Gasteiger charge is 2.16. The quantitative estimate of drug-likeness (QED) is 0.761. The molecule has 27 heavy (non-hydrogen) atoms. The monoisotopic (exact) mass is 387 g/mol. The second-order valence-corrected chi connectivity index (χ2v) is 6.74. The predicted molar refractivity (Wildman–Crippen MR) is 113 cm³/mol. The fourth-order valence-electron chi connectivity index (χ4n) is 2.91. The summed E-state index contributed by atoms with van der Waals surface area (Å²) in [5.74, 6) is -0.458. The van der Waals surface area contributed by atoms with Gasteiger partial charge in [0.2, 0.25) is 11.8 Å². The Labute approximate surface area is 165 Å². The SMILES string of the molecule is CCN(CC)c1ccc(NC(=O)CN(C(C)=O)c2ccc(Cl)cc2)c(C)c1. The molecule has 0 aliphatic rings. The Morgan fingerprint density at radius 2 is 1.59 bits per heavy atom. The Balaban J connectivity index is 2.11. The van der Waals surface area contributed by atoms with Crippen LogP contribution < -0.4 is 15.1 Å². The van der Waals surface area contributed by atoms with Crippen molar-refractivity contribution in [3.63, 3.8) is 0 Å². The topological polar surface area (TPSA) is 52.7 Å². The molecule has 0 fully saturated rings. The third kappa shape index (κ3) is 5.47. The van der Waals surface area contributed by atoms with Gasteiger partial charge in [-0.3, -0.25) is 9.59 Å². The number of benzene rings is 2. The lowest BCUT2D eigenvalue weighted by Crippen LogP contribution is -2.36. The molecule has 0 atom stereocenters. The van der Waals surface area contributed by atoms with E-state index in [1.54, 1.807) is 24.3 Å². The van der Waals surface area contributed by atoms with Crippen molar-refractivity contribution in [1.29, 1.82) is 0 Å². The first-order chi connectivity index (χ1) is 12.8. The van der Waals surface area contributed by atoms with E-state index in [2.05, 4.69) is 30.1 Å². The van der Waals surface area contributed by atoms with Gasteiger partial charge < -0.3 is 15.1 Å². The number of carbonyl (C=O) groups excluding carboxylic acids is 2. The molecule has 0 heterocycles. The Bertz CT molecular complexity index is 802. The van der Waals surface area contributed by atoms with Crippen LogP contribution >= 0.6 is 11.6 Å². The largest absolute Gasteiger partial charge is 0.372 e. The molecule has 2 rings (SSSR count). The highest BCUT2D eigenvalue weighted by molar-refractivity contribution is 6.30. The van der Waals surface area contributed by atoms with Gasteiger partial charge in [-0.25, -0.2) is 0 Å². The lowest BCUT2D eigenvalue weighted by molar-refractivity contribution is -0.120. The first kappa shape index (κ1) is 20.8.